The highest BCUT2D eigenvalue weighted by molar-refractivity contribution is 5.81. The average Bonchev–Trinajstić information content (AvgIpc) is 2.55. The second-order valence-electron chi connectivity index (χ2n) is 5.06. The number of benzene rings is 1. The van der Waals surface area contributed by atoms with Crippen LogP contribution in [0.4, 0.5) is 0 Å². The molecule has 0 heterocycles. The molecule has 3 N–H and O–H groups in total. The number of carboxylic acids is 1. The molecule has 24 heavy (non-hydrogen) atoms. The minimum Gasteiger partial charge on any atom is -0.504 e. The lowest BCUT2D eigenvalue weighted by Gasteiger charge is -2.03. The third-order valence-corrected chi connectivity index (χ3v) is 3.14. The zero-order valence-electron chi connectivity index (χ0n) is 13.6. The van der Waals surface area contributed by atoms with Crippen LogP contribution < -0.4 is 10.2 Å². The number of unbranched alkanes of at least 4 members (excludes halogenated alkanes) is 2. The minimum atomic E-state index is -0.818. The third-order valence-electron chi connectivity index (χ3n) is 3.14. The monoisotopic (exact) mass is 334 g/mol. The van der Waals surface area contributed by atoms with E-state index in [0.717, 1.165) is 5.56 Å². The lowest BCUT2D eigenvalue weighted by molar-refractivity contribution is -0.137. The Bertz CT molecular complexity index is 611. The molecule has 0 atom stereocenters. The molecule has 0 saturated carbocycles. The molecule has 0 aliphatic heterocycles. The van der Waals surface area contributed by atoms with Crippen LogP contribution in [-0.2, 0) is 9.59 Å². The highest BCUT2D eigenvalue weighted by Gasteiger charge is 2.01. The van der Waals surface area contributed by atoms with Crippen LogP contribution in [-0.4, -0.2) is 35.4 Å². The number of phenols is 1. The number of phenolic OH excluding ortho intramolecular Hbond substituents is 1. The number of hydrogen-bond donors (Lipinski definition) is 3. The molecule has 1 aromatic carbocycles. The number of hydrogen-bond acceptors (Lipinski definition) is 5. The van der Waals surface area contributed by atoms with E-state index in [4.69, 9.17) is 9.84 Å². The summed E-state index contributed by atoms with van der Waals surface area (Å²) < 4.78 is 5.01. The fourth-order valence-corrected chi connectivity index (χ4v) is 1.90. The Morgan fingerprint density at radius 1 is 1.25 bits per heavy atom. The number of carboxylic acid groups (broad SMARTS) is 1. The number of aliphatic carboxylic acids is 1. The van der Waals surface area contributed by atoms with Gasteiger partial charge in [0.05, 0.1) is 7.11 Å². The van der Waals surface area contributed by atoms with Gasteiger partial charge in [-0.25, -0.2) is 5.43 Å². The van der Waals surface area contributed by atoms with Gasteiger partial charge in [0.25, 0.3) is 0 Å². The molecule has 0 aliphatic rings. The number of hydrazone groups is 1. The van der Waals surface area contributed by atoms with Crippen molar-refractivity contribution in [1.29, 1.82) is 0 Å². The molecule has 0 saturated heterocycles. The molecule has 1 aromatic rings. The predicted octanol–water partition coefficient (Wildman–Crippen LogP) is 2.55. The van der Waals surface area contributed by atoms with Gasteiger partial charge >= 0.3 is 5.97 Å². The summed E-state index contributed by atoms with van der Waals surface area (Å²) in [6.07, 6.45) is 7.21. The zero-order valence-corrected chi connectivity index (χ0v) is 13.6. The first-order valence-electron chi connectivity index (χ1n) is 7.60. The van der Waals surface area contributed by atoms with E-state index in [1.165, 1.54) is 19.4 Å². The van der Waals surface area contributed by atoms with E-state index in [0.29, 0.717) is 31.4 Å². The van der Waals surface area contributed by atoms with Crippen LogP contribution in [0.15, 0.2) is 29.4 Å². The molecular formula is C17H22N2O5. The van der Waals surface area contributed by atoms with Crippen LogP contribution >= 0.6 is 0 Å². The first-order valence-corrected chi connectivity index (χ1v) is 7.60. The molecule has 130 valence electrons. The van der Waals surface area contributed by atoms with Gasteiger partial charge in [-0.3, -0.25) is 9.59 Å². The molecule has 0 aliphatic carbocycles. The first-order chi connectivity index (χ1) is 11.5. The van der Waals surface area contributed by atoms with E-state index in [1.54, 1.807) is 24.3 Å². The number of methoxy groups -OCH3 is 1. The maximum Gasteiger partial charge on any atom is 0.303 e. The van der Waals surface area contributed by atoms with Gasteiger partial charge in [-0.05, 0) is 36.6 Å². The highest BCUT2D eigenvalue weighted by Crippen LogP contribution is 2.26. The van der Waals surface area contributed by atoms with Crippen molar-refractivity contribution < 1.29 is 24.5 Å². The molecule has 1 rings (SSSR count). The van der Waals surface area contributed by atoms with Crippen LogP contribution in [0.2, 0.25) is 0 Å². The summed E-state index contributed by atoms with van der Waals surface area (Å²) in [6, 6.07) is 4.93. The maximum absolute atomic E-state index is 11.5. The molecule has 0 fully saturated rings. The van der Waals surface area contributed by atoms with Crippen LogP contribution in [0.25, 0.3) is 6.08 Å². The number of ether oxygens (including phenoxy) is 1. The highest BCUT2D eigenvalue weighted by atomic mass is 16.5. The van der Waals surface area contributed by atoms with Gasteiger partial charge in [-0.1, -0.05) is 18.6 Å². The average molecular weight is 334 g/mol. The van der Waals surface area contributed by atoms with E-state index < -0.39 is 5.97 Å². The van der Waals surface area contributed by atoms with Gasteiger partial charge < -0.3 is 14.9 Å². The smallest absolute Gasteiger partial charge is 0.303 e. The molecule has 0 spiro atoms. The van der Waals surface area contributed by atoms with Gasteiger partial charge in [0.2, 0.25) is 5.91 Å². The Morgan fingerprint density at radius 3 is 2.71 bits per heavy atom. The number of aromatic hydroxyl groups is 1. The fourth-order valence-electron chi connectivity index (χ4n) is 1.90. The van der Waals surface area contributed by atoms with Gasteiger partial charge in [0.15, 0.2) is 11.5 Å². The van der Waals surface area contributed by atoms with Crippen LogP contribution in [0.3, 0.4) is 0 Å². The molecule has 0 bridgehead atoms. The van der Waals surface area contributed by atoms with E-state index >= 15 is 0 Å². The number of allylic oxidation sites excluding steroid dienone is 1. The van der Waals surface area contributed by atoms with Crippen molar-refractivity contribution >= 4 is 24.2 Å². The number of rotatable bonds is 10. The SMILES string of the molecule is COc1cc(/C=C/C=N/NC(=O)CCCCCC(=O)O)ccc1O. The maximum atomic E-state index is 11.5. The topological polar surface area (TPSA) is 108 Å². The quantitative estimate of drug-likeness (QED) is 0.346. The number of nitrogens with one attached hydrogen (secondary N) is 1. The standard InChI is InChI=1S/C17H22N2O5/c1-24-15-12-13(9-10-14(15)20)6-5-11-18-19-16(21)7-3-2-4-8-17(22)23/h5-6,9-12,20H,2-4,7-8H2,1H3,(H,19,21)(H,22,23)/b6-5+,18-11+. The molecular weight excluding hydrogens is 312 g/mol. The van der Waals surface area contributed by atoms with Crippen molar-refractivity contribution in [2.24, 2.45) is 5.10 Å². The van der Waals surface area contributed by atoms with Crippen molar-refractivity contribution in [3.63, 3.8) is 0 Å². The van der Waals surface area contributed by atoms with E-state index in [1.807, 2.05) is 0 Å². The van der Waals surface area contributed by atoms with Crippen molar-refractivity contribution in [2.75, 3.05) is 7.11 Å². The van der Waals surface area contributed by atoms with Crippen molar-refractivity contribution in [2.45, 2.75) is 32.1 Å². The summed E-state index contributed by atoms with van der Waals surface area (Å²) in [5.41, 5.74) is 3.22. The van der Waals surface area contributed by atoms with Gasteiger partial charge in [-0.15, -0.1) is 0 Å². The third kappa shape index (κ3) is 7.98. The van der Waals surface area contributed by atoms with Gasteiger partial charge in [-0.2, -0.15) is 5.10 Å². The summed E-state index contributed by atoms with van der Waals surface area (Å²) in [5, 5.41) is 21.8. The number of nitrogens with zero attached hydrogens (tertiary/aromatic N) is 1. The normalized spacial score (nSPS) is 11.0. The predicted molar refractivity (Wildman–Crippen MR) is 91.0 cm³/mol. The second kappa shape index (κ2) is 10.8. The Hall–Kier alpha value is -2.83. The van der Waals surface area contributed by atoms with Crippen LogP contribution in [0.5, 0.6) is 11.5 Å². The Balaban J connectivity index is 2.27. The van der Waals surface area contributed by atoms with E-state index in [-0.39, 0.29) is 18.1 Å². The molecule has 1 amide bonds. The lowest BCUT2D eigenvalue weighted by Crippen LogP contribution is -2.16. The van der Waals surface area contributed by atoms with Crippen molar-refractivity contribution in [1.82, 2.24) is 5.43 Å². The number of amides is 1. The summed E-state index contributed by atoms with van der Waals surface area (Å²) in [7, 11) is 1.47. The number of carbonyl (C=O) groups excluding carboxylic acids is 1. The minimum absolute atomic E-state index is 0.0685. The second-order valence-corrected chi connectivity index (χ2v) is 5.06. The number of carbonyl (C=O) groups is 2. The lowest BCUT2D eigenvalue weighted by atomic mass is 10.1. The van der Waals surface area contributed by atoms with Crippen LogP contribution in [0.1, 0.15) is 37.7 Å². The molecule has 7 heteroatoms. The zero-order chi connectivity index (χ0) is 17.8. The largest absolute Gasteiger partial charge is 0.504 e. The van der Waals surface area contributed by atoms with Crippen LogP contribution in [0, 0.1) is 0 Å². The van der Waals surface area contributed by atoms with E-state index in [2.05, 4.69) is 10.5 Å². The first kappa shape index (κ1) is 19.2. The Labute approximate surface area is 140 Å². The van der Waals surface area contributed by atoms with Gasteiger partial charge in [0, 0.05) is 19.1 Å². The van der Waals surface area contributed by atoms with Crippen molar-refractivity contribution in [3.05, 3.63) is 29.8 Å². The van der Waals surface area contributed by atoms with Gasteiger partial charge in [0.1, 0.15) is 0 Å². The van der Waals surface area contributed by atoms with E-state index in [9.17, 15) is 14.7 Å². The molecule has 0 aromatic heterocycles. The molecule has 0 unspecified atom stereocenters. The summed E-state index contributed by atoms with van der Waals surface area (Å²) in [6.45, 7) is 0. The summed E-state index contributed by atoms with van der Waals surface area (Å²) in [4.78, 5) is 21.8. The summed E-state index contributed by atoms with van der Waals surface area (Å²) >= 11 is 0. The summed E-state index contributed by atoms with van der Waals surface area (Å²) in [5.74, 6) is -0.576. The Morgan fingerprint density at radius 2 is 2.00 bits per heavy atom. The molecule has 7 nitrogen and oxygen atoms in total. The van der Waals surface area contributed by atoms with Crippen molar-refractivity contribution in [3.8, 4) is 11.5 Å². The molecule has 0 radical (unpaired) electrons. The fraction of sp³-hybridized carbons (Fsp3) is 0.353. The Kier molecular flexibility index (Phi) is 8.67.